The quantitative estimate of drug-likeness (QED) is 0.432. The minimum Gasteiger partial charge on any atom is -0.179 e. The molecule has 0 atom stereocenters. The van der Waals surface area contributed by atoms with Crippen molar-refractivity contribution < 1.29 is 0 Å². The van der Waals surface area contributed by atoms with Crippen molar-refractivity contribution in [1.29, 1.82) is 0 Å². The van der Waals surface area contributed by atoms with Gasteiger partial charge >= 0.3 is 0 Å². The third kappa shape index (κ3) is 2.99. The van der Waals surface area contributed by atoms with Gasteiger partial charge in [-0.3, -0.25) is 0 Å². The molecular formula is C7H10S3. The number of hydrogen-bond donors (Lipinski definition) is 1. The van der Waals surface area contributed by atoms with E-state index in [-0.39, 0.29) is 0 Å². The molecule has 0 spiro atoms. The van der Waals surface area contributed by atoms with Crippen molar-refractivity contribution >= 4 is 35.7 Å². The third-order valence-electron chi connectivity index (χ3n) is 1.04. The molecular weight excluding hydrogens is 180 g/mol. The van der Waals surface area contributed by atoms with E-state index in [1.807, 2.05) is 23.1 Å². The Morgan fingerprint density at radius 1 is 1.60 bits per heavy atom. The Morgan fingerprint density at radius 2 is 2.50 bits per heavy atom. The summed E-state index contributed by atoms with van der Waals surface area (Å²) in [6, 6.07) is 4.25. The van der Waals surface area contributed by atoms with Gasteiger partial charge in [-0.25, -0.2) is 0 Å². The standard InChI is InChI=1S/C7H10S3/c8-4-2-6-10-7-3-1-5-9-7/h1,3,5,8H,2,4,6H2. The van der Waals surface area contributed by atoms with E-state index in [9.17, 15) is 0 Å². The maximum absolute atomic E-state index is 4.14. The normalized spacial score (nSPS) is 10.1. The predicted octanol–water partition coefficient (Wildman–Crippen LogP) is 3.16. The number of hydrogen-bond acceptors (Lipinski definition) is 3. The Bertz CT molecular complexity index is 157. The Hall–Kier alpha value is 0.400. The fraction of sp³-hybridized carbons (Fsp3) is 0.429. The van der Waals surface area contributed by atoms with Gasteiger partial charge in [0.1, 0.15) is 0 Å². The van der Waals surface area contributed by atoms with Crippen LogP contribution < -0.4 is 0 Å². The Balaban J connectivity index is 2.15. The molecule has 1 heterocycles. The first-order chi connectivity index (χ1) is 4.93. The average Bonchev–Trinajstić information content (AvgIpc) is 2.41. The van der Waals surface area contributed by atoms with E-state index in [1.54, 1.807) is 0 Å². The number of thioether (sulfide) groups is 1. The monoisotopic (exact) mass is 190 g/mol. The van der Waals surface area contributed by atoms with Crippen LogP contribution in [0.3, 0.4) is 0 Å². The second kappa shape index (κ2) is 5.10. The van der Waals surface area contributed by atoms with Crippen LogP contribution in [0.4, 0.5) is 0 Å². The van der Waals surface area contributed by atoms with E-state index in [1.165, 1.54) is 16.4 Å². The fourth-order valence-corrected chi connectivity index (χ4v) is 2.76. The van der Waals surface area contributed by atoms with E-state index < -0.39 is 0 Å². The van der Waals surface area contributed by atoms with Crippen molar-refractivity contribution in [2.24, 2.45) is 0 Å². The first-order valence-corrected chi connectivity index (χ1v) is 5.70. The number of rotatable bonds is 4. The molecule has 0 aromatic carbocycles. The molecule has 1 aromatic heterocycles. The highest BCUT2D eigenvalue weighted by molar-refractivity contribution is 8.01. The molecule has 0 N–H and O–H groups in total. The van der Waals surface area contributed by atoms with Gasteiger partial charge in [0, 0.05) is 0 Å². The summed E-state index contributed by atoms with van der Waals surface area (Å²) in [7, 11) is 0. The molecule has 0 fully saturated rings. The van der Waals surface area contributed by atoms with Gasteiger partial charge in [-0.15, -0.1) is 23.1 Å². The topological polar surface area (TPSA) is 0 Å². The smallest absolute Gasteiger partial charge is 0.0598 e. The molecule has 0 saturated carbocycles. The van der Waals surface area contributed by atoms with E-state index in [0.29, 0.717) is 0 Å². The van der Waals surface area contributed by atoms with Crippen molar-refractivity contribution in [2.45, 2.75) is 10.6 Å². The van der Waals surface area contributed by atoms with Gasteiger partial charge in [-0.1, -0.05) is 6.07 Å². The van der Waals surface area contributed by atoms with Crippen LogP contribution in [0.2, 0.25) is 0 Å². The van der Waals surface area contributed by atoms with Crippen molar-refractivity contribution in [3.63, 3.8) is 0 Å². The maximum atomic E-state index is 4.14. The predicted molar refractivity (Wildman–Crippen MR) is 53.5 cm³/mol. The summed E-state index contributed by atoms with van der Waals surface area (Å²) < 4.78 is 1.42. The summed E-state index contributed by atoms with van der Waals surface area (Å²) in [5.74, 6) is 2.20. The highest BCUT2D eigenvalue weighted by atomic mass is 32.2. The largest absolute Gasteiger partial charge is 0.179 e. The van der Waals surface area contributed by atoms with Crippen LogP contribution in [0.25, 0.3) is 0 Å². The first kappa shape index (κ1) is 8.50. The van der Waals surface area contributed by atoms with E-state index >= 15 is 0 Å². The van der Waals surface area contributed by atoms with Crippen LogP contribution in [0.15, 0.2) is 21.7 Å². The SMILES string of the molecule is SCCCSc1cccs1. The summed E-state index contributed by atoms with van der Waals surface area (Å²) in [4.78, 5) is 0. The Morgan fingerprint density at radius 3 is 3.10 bits per heavy atom. The van der Waals surface area contributed by atoms with Crippen molar-refractivity contribution in [2.75, 3.05) is 11.5 Å². The van der Waals surface area contributed by atoms with Crippen LogP contribution in [-0.4, -0.2) is 11.5 Å². The molecule has 0 saturated heterocycles. The third-order valence-corrected chi connectivity index (χ3v) is 3.58. The van der Waals surface area contributed by atoms with Crippen LogP contribution in [0.1, 0.15) is 6.42 Å². The lowest BCUT2D eigenvalue weighted by Gasteiger charge is -1.93. The Kier molecular flexibility index (Phi) is 4.34. The highest BCUT2D eigenvalue weighted by Crippen LogP contribution is 2.23. The zero-order valence-electron chi connectivity index (χ0n) is 5.62. The van der Waals surface area contributed by atoms with Gasteiger partial charge in [0.15, 0.2) is 0 Å². The van der Waals surface area contributed by atoms with Crippen LogP contribution in [-0.2, 0) is 0 Å². The molecule has 3 heteroatoms. The van der Waals surface area contributed by atoms with Gasteiger partial charge in [0.25, 0.3) is 0 Å². The highest BCUT2D eigenvalue weighted by Gasteiger charge is 1.91. The molecule has 0 nitrogen and oxygen atoms in total. The summed E-state index contributed by atoms with van der Waals surface area (Å²) in [6.07, 6.45) is 1.20. The summed E-state index contributed by atoms with van der Waals surface area (Å²) >= 11 is 7.87. The zero-order valence-corrected chi connectivity index (χ0v) is 8.14. The lowest BCUT2D eigenvalue weighted by Crippen LogP contribution is -1.77. The van der Waals surface area contributed by atoms with Crippen molar-refractivity contribution in [1.82, 2.24) is 0 Å². The van der Waals surface area contributed by atoms with E-state index in [2.05, 4.69) is 30.1 Å². The second-order valence-electron chi connectivity index (χ2n) is 1.86. The molecule has 10 heavy (non-hydrogen) atoms. The molecule has 0 bridgehead atoms. The van der Waals surface area contributed by atoms with Crippen LogP contribution in [0.5, 0.6) is 0 Å². The summed E-state index contributed by atoms with van der Waals surface area (Å²) in [5.41, 5.74) is 0. The van der Waals surface area contributed by atoms with E-state index in [4.69, 9.17) is 0 Å². The van der Waals surface area contributed by atoms with Crippen molar-refractivity contribution in [3.05, 3.63) is 17.5 Å². The maximum Gasteiger partial charge on any atom is 0.0598 e. The van der Waals surface area contributed by atoms with Crippen LogP contribution in [0, 0.1) is 0 Å². The van der Waals surface area contributed by atoms with E-state index in [0.717, 1.165) is 5.75 Å². The summed E-state index contributed by atoms with van der Waals surface area (Å²) in [6.45, 7) is 0. The Labute approximate surface area is 75.4 Å². The molecule has 0 aliphatic rings. The minimum absolute atomic E-state index is 0.998. The molecule has 0 aliphatic heterocycles. The first-order valence-electron chi connectivity index (χ1n) is 3.20. The van der Waals surface area contributed by atoms with Gasteiger partial charge in [0.05, 0.1) is 4.21 Å². The molecule has 0 radical (unpaired) electrons. The molecule has 1 rings (SSSR count). The average molecular weight is 190 g/mol. The molecule has 0 aliphatic carbocycles. The van der Waals surface area contributed by atoms with Crippen molar-refractivity contribution in [3.8, 4) is 0 Å². The lowest BCUT2D eigenvalue weighted by atomic mass is 10.6. The fourth-order valence-electron chi connectivity index (χ4n) is 0.583. The molecule has 56 valence electrons. The van der Waals surface area contributed by atoms with Crippen LogP contribution >= 0.6 is 35.7 Å². The van der Waals surface area contributed by atoms with Gasteiger partial charge < -0.3 is 0 Å². The van der Waals surface area contributed by atoms with Gasteiger partial charge in [-0.05, 0) is 29.4 Å². The molecule has 0 amide bonds. The number of thiophene rings is 1. The molecule has 1 aromatic rings. The summed E-state index contributed by atoms with van der Waals surface area (Å²) in [5, 5.41) is 2.11. The second-order valence-corrected chi connectivity index (χ2v) is 4.65. The van der Waals surface area contributed by atoms with Gasteiger partial charge in [-0.2, -0.15) is 12.6 Å². The number of thiol groups is 1. The minimum atomic E-state index is 0.998. The molecule has 0 unspecified atom stereocenters. The lowest BCUT2D eigenvalue weighted by molar-refractivity contribution is 1.13. The zero-order chi connectivity index (χ0) is 7.23. The van der Waals surface area contributed by atoms with Gasteiger partial charge in [0.2, 0.25) is 0 Å².